The number of para-hydroxylation sites is 1. The van der Waals surface area contributed by atoms with Gasteiger partial charge < -0.3 is 5.11 Å². The van der Waals surface area contributed by atoms with E-state index < -0.39 is 0 Å². The van der Waals surface area contributed by atoms with Crippen LogP contribution in [0.3, 0.4) is 0 Å². The molecule has 23 heavy (non-hydrogen) atoms. The summed E-state index contributed by atoms with van der Waals surface area (Å²) in [6.45, 7) is 3.93. The zero-order chi connectivity index (χ0) is 16.4. The van der Waals surface area contributed by atoms with E-state index in [0.29, 0.717) is 18.7 Å². The number of carbonyl (C=O) groups is 1. The maximum atomic E-state index is 12.1. The number of pyridine rings is 1. The van der Waals surface area contributed by atoms with Gasteiger partial charge >= 0.3 is 0 Å². The minimum absolute atomic E-state index is 0.0872. The number of hydrogen-bond acceptors (Lipinski definition) is 5. The molecule has 5 heteroatoms. The molecule has 118 valence electrons. The highest BCUT2D eigenvalue weighted by Crippen LogP contribution is 2.35. The molecule has 0 unspecified atom stereocenters. The smallest absolute Gasteiger partial charge is 0.168 e. The Bertz CT molecular complexity index is 822. The third-order valence-electron chi connectivity index (χ3n) is 3.87. The fourth-order valence-corrected chi connectivity index (χ4v) is 2.74. The normalized spacial score (nSPS) is 17.9. The van der Waals surface area contributed by atoms with Crippen LogP contribution in [0.1, 0.15) is 26.7 Å². The van der Waals surface area contributed by atoms with Gasteiger partial charge in [0.2, 0.25) is 0 Å². The Morgan fingerprint density at radius 1 is 1.22 bits per heavy atom. The Morgan fingerprint density at radius 2 is 2.00 bits per heavy atom. The maximum Gasteiger partial charge on any atom is 0.168 e. The average Bonchev–Trinajstić information content (AvgIpc) is 2.49. The molecular weight excluding hydrogens is 290 g/mol. The van der Waals surface area contributed by atoms with E-state index in [4.69, 9.17) is 0 Å². The predicted octanol–water partition coefficient (Wildman–Crippen LogP) is 3.83. The van der Waals surface area contributed by atoms with E-state index in [9.17, 15) is 9.90 Å². The van der Waals surface area contributed by atoms with Crippen molar-refractivity contribution in [2.24, 2.45) is 10.5 Å². The predicted molar refractivity (Wildman–Crippen MR) is 91.5 cm³/mol. The summed E-state index contributed by atoms with van der Waals surface area (Å²) < 4.78 is 0. The molecule has 5 nitrogen and oxygen atoms in total. The zero-order valence-electron chi connectivity index (χ0n) is 13.2. The molecule has 0 amide bonds. The third-order valence-corrected chi connectivity index (χ3v) is 3.87. The van der Waals surface area contributed by atoms with Crippen LogP contribution < -0.4 is 5.43 Å². The summed E-state index contributed by atoms with van der Waals surface area (Å²) in [6.07, 6.45) is 2.27. The molecule has 2 N–H and O–H groups in total. The highest BCUT2D eigenvalue weighted by molar-refractivity contribution is 6.14. The summed E-state index contributed by atoms with van der Waals surface area (Å²) in [5.41, 5.74) is 3.75. The summed E-state index contributed by atoms with van der Waals surface area (Å²) in [6, 6.07) is 11.6. The van der Waals surface area contributed by atoms with E-state index >= 15 is 0 Å². The molecule has 0 spiro atoms. The van der Waals surface area contributed by atoms with E-state index in [-0.39, 0.29) is 22.5 Å². The van der Waals surface area contributed by atoms with E-state index in [2.05, 4.69) is 15.5 Å². The van der Waals surface area contributed by atoms with Crippen molar-refractivity contribution in [1.82, 2.24) is 4.98 Å². The Morgan fingerprint density at radius 3 is 2.78 bits per heavy atom. The van der Waals surface area contributed by atoms with Gasteiger partial charge in [0, 0.05) is 18.2 Å². The number of benzene rings is 1. The van der Waals surface area contributed by atoms with E-state index in [0.717, 1.165) is 10.9 Å². The number of ketones is 1. The first-order valence-electron chi connectivity index (χ1n) is 7.55. The SMILES string of the molecule is CC1(C)CC(=O)C(/C=N\Nc2ccc3ccccc3n2)=C(O)C1. The number of Topliss-reactive ketones (excluding diaryl/α,β-unsaturated/α-hetero) is 1. The van der Waals surface area contributed by atoms with Crippen LogP contribution in [0.2, 0.25) is 0 Å². The van der Waals surface area contributed by atoms with Crippen molar-refractivity contribution in [2.75, 3.05) is 5.43 Å². The summed E-state index contributed by atoms with van der Waals surface area (Å²) >= 11 is 0. The van der Waals surface area contributed by atoms with Crippen molar-refractivity contribution in [1.29, 1.82) is 0 Å². The number of aliphatic hydroxyl groups is 1. The standard InChI is InChI=1S/C18H19N3O2/c1-18(2)9-15(22)13(16(23)10-18)11-19-21-17-8-7-12-5-3-4-6-14(12)20-17/h3-8,11,22H,9-10H2,1-2H3,(H,20,21)/b19-11-. The fraction of sp³-hybridized carbons (Fsp3) is 0.278. The lowest BCUT2D eigenvalue weighted by atomic mass is 9.77. The van der Waals surface area contributed by atoms with Crippen LogP contribution in [-0.2, 0) is 4.79 Å². The van der Waals surface area contributed by atoms with Gasteiger partial charge in [-0.3, -0.25) is 10.2 Å². The zero-order valence-corrected chi connectivity index (χ0v) is 13.2. The van der Waals surface area contributed by atoms with Crippen molar-refractivity contribution in [3.05, 3.63) is 47.7 Å². The molecule has 1 aliphatic carbocycles. The number of allylic oxidation sites excluding steroid dienone is 2. The van der Waals surface area contributed by atoms with E-state index in [1.807, 2.05) is 50.2 Å². The Balaban J connectivity index is 1.76. The Kier molecular flexibility index (Phi) is 3.86. The van der Waals surface area contributed by atoms with Crippen LogP contribution >= 0.6 is 0 Å². The molecule has 0 radical (unpaired) electrons. The number of aliphatic hydroxyl groups excluding tert-OH is 1. The monoisotopic (exact) mass is 309 g/mol. The molecule has 1 aromatic carbocycles. The number of anilines is 1. The van der Waals surface area contributed by atoms with Gasteiger partial charge in [-0.15, -0.1) is 0 Å². The molecule has 1 aliphatic rings. The van der Waals surface area contributed by atoms with Crippen molar-refractivity contribution in [2.45, 2.75) is 26.7 Å². The number of rotatable bonds is 3. The summed E-state index contributed by atoms with van der Waals surface area (Å²) in [7, 11) is 0. The van der Waals surface area contributed by atoms with Gasteiger partial charge in [-0.25, -0.2) is 4.98 Å². The number of hydrogen-bond donors (Lipinski definition) is 2. The number of hydrazone groups is 1. The fourth-order valence-electron chi connectivity index (χ4n) is 2.74. The second kappa shape index (κ2) is 5.83. The van der Waals surface area contributed by atoms with Crippen LogP contribution in [0.15, 0.2) is 52.8 Å². The third kappa shape index (κ3) is 3.39. The largest absolute Gasteiger partial charge is 0.511 e. The lowest BCUT2D eigenvalue weighted by molar-refractivity contribution is -0.117. The number of nitrogens with one attached hydrogen (secondary N) is 1. The highest BCUT2D eigenvalue weighted by atomic mass is 16.3. The number of aromatic nitrogens is 1. The lowest BCUT2D eigenvalue weighted by Gasteiger charge is -2.28. The molecule has 0 fully saturated rings. The average molecular weight is 309 g/mol. The first-order valence-corrected chi connectivity index (χ1v) is 7.55. The Hall–Kier alpha value is -2.69. The van der Waals surface area contributed by atoms with Gasteiger partial charge in [0.25, 0.3) is 0 Å². The van der Waals surface area contributed by atoms with Gasteiger partial charge in [0.1, 0.15) is 11.6 Å². The first kappa shape index (κ1) is 15.2. The van der Waals surface area contributed by atoms with Crippen LogP contribution in [0.4, 0.5) is 5.82 Å². The molecular formula is C18H19N3O2. The van der Waals surface area contributed by atoms with Crippen LogP contribution in [-0.4, -0.2) is 22.1 Å². The summed E-state index contributed by atoms with van der Waals surface area (Å²) in [5, 5.41) is 15.1. The van der Waals surface area contributed by atoms with Crippen molar-refractivity contribution in [3.8, 4) is 0 Å². The van der Waals surface area contributed by atoms with Crippen LogP contribution in [0.25, 0.3) is 10.9 Å². The Labute approximate surface area is 134 Å². The molecule has 0 atom stereocenters. The number of nitrogens with zero attached hydrogens (tertiary/aromatic N) is 2. The first-order chi connectivity index (χ1) is 10.9. The quantitative estimate of drug-likeness (QED) is 0.667. The van der Waals surface area contributed by atoms with Gasteiger partial charge in [-0.05, 0) is 23.6 Å². The minimum atomic E-state index is -0.203. The number of fused-ring (bicyclic) bond motifs is 1. The van der Waals surface area contributed by atoms with Crippen LogP contribution in [0.5, 0.6) is 0 Å². The molecule has 2 aromatic rings. The van der Waals surface area contributed by atoms with Gasteiger partial charge in [0.05, 0.1) is 17.3 Å². The molecule has 0 saturated heterocycles. The lowest BCUT2D eigenvalue weighted by Crippen LogP contribution is -2.26. The molecule has 1 aromatic heterocycles. The van der Waals surface area contributed by atoms with Crippen molar-refractivity contribution in [3.63, 3.8) is 0 Å². The van der Waals surface area contributed by atoms with Crippen LogP contribution in [0, 0.1) is 5.41 Å². The van der Waals surface area contributed by atoms with E-state index in [1.54, 1.807) is 0 Å². The number of carbonyl (C=O) groups excluding carboxylic acids is 1. The molecule has 3 rings (SSSR count). The van der Waals surface area contributed by atoms with Crippen molar-refractivity contribution >= 4 is 28.7 Å². The maximum absolute atomic E-state index is 12.1. The minimum Gasteiger partial charge on any atom is -0.511 e. The van der Waals surface area contributed by atoms with Crippen molar-refractivity contribution < 1.29 is 9.90 Å². The van der Waals surface area contributed by atoms with E-state index in [1.165, 1.54) is 6.21 Å². The second-order valence-electron chi connectivity index (χ2n) is 6.56. The molecule has 1 heterocycles. The molecule has 0 bridgehead atoms. The molecule has 0 aliphatic heterocycles. The topological polar surface area (TPSA) is 74.6 Å². The van der Waals surface area contributed by atoms with Gasteiger partial charge in [0.15, 0.2) is 5.78 Å². The van der Waals surface area contributed by atoms with Gasteiger partial charge in [-0.2, -0.15) is 5.10 Å². The summed E-state index contributed by atoms with van der Waals surface area (Å²) in [5.74, 6) is 0.600. The second-order valence-corrected chi connectivity index (χ2v) is 6.56. The highest BCUT2D eigenvalue weighted by Gasteiger charge is 2.32. The summed E-state index contributed by atoms with van der Waals surface area (Å²) in [4.78, 5) is 16.5. The van der Waals surface area contributed by atoms with Gasteiger partial charge in [-0.1, -0.05) is 32.0 Å². The molecule has 0 saturated carbocycles.